The highest BCUT2D eigenvalue weighted by Crippen LogP contribution is 1.88. The standard InChI is InChI=1S/C8H17N3O5S/c1-3-11(6-7(12)13)8(14)9-4-5-10-17(2,15)16/h10H,3-6H2,1-2H3,(H,9,14)(H,12,13). The van der Waals surface area contributed by atoms with E-state index in [9.17, 15) is 18.0 Å². The largest absolute Gasteiger partial charge is 0.480 e. The molecule has 0 saturated heterocycles. The summed E-state index contributed by atoms with van der Waals surface area (Å²) in [6, 6.07) is -0.537. The van der Waals surface area contributed by atoms with Crippen molar-refractivity contribution < 1.29 is 23.1 Å². The van der Waals surface area contributed by atoms with Gasteiger partial charge in [-0.15, -0.1) is 0 Å². The van der Waals surface area contributed by atoms with Gasteiger partial charge in [-0.1, -0.05) is 0 Å². The number of hydrogen-bond acceptors (Lipinski definition) is 4. The van der Waals surface area contributed by atoms with E-state index in [0.717, 1.165) is 11.2 Å². The summed E-state index contributed by atoms with van der Waals surface area (Å²) in [6.07, 6.45) is 1.01. The summed E-state index contributed by atoms with van der Waals surface area (Å²) < 4.78 is 23.6. The number of sulfonamides is 1. The van der Waals surface area contributed by atoms with Gasteiger partial charge in [-0.05, 0) is 6.92 Å². The van der Waals surface area contributed by atoms with Crippen molar-refractivity contribution in [2.75, 3.05) is 32.4 Å². The van der Waals surface area contributed by atoms with Crippen molar-refractivity contribution in [3.63, 3.8) is 0 Å². The predicted molar refractivity (Wildman–Crippen MR) is 61.1 cm³/mol. The molecule has 0 aliphatic carbocycles. The highest BCUT2D eigenvalue weighted by Gasteiger charge is 2.13. The second-order valence-electron chi connectivity index (χ2n) is 3.31. The average molecular weight is 267 g/mol. The Labute approximate surface area is 100 Å². The number of hydrogen-bond donors (Lipinski definition) is 3. The first-order chi connectivity index (χ1) is 7.76. The molecule has 0 radical (unpaired) electrons. The Morgan fingerprint density at radius 2 is 1.88 bits per heavy atom. The summed E-state index contributed by atoms with van der Waals surface area (Å²) in [6.45, 7) is 1.69. The number of carbonyl (C=O) groups is 2. The maximum Gasteiger partial charge on any atom is 0.323 e. The van der Waals surface area contributed by atoms with Crippen molar-refractivity contribution in [1.82, 2.24) is 14.9 Å². The zero-order chi connectivity index (χ0) is 13.5. The first-order valence-electron chi connectivity index (χ1n) is 4.95. The van der Waals surface area contributed by atoms with Gasteiger partial charge in [0.05, 0.1) is 6.26 Å². The molecule has 0 spiro atoms. The second kappa shape index (κ2) is 7.07. The van der Waals surface area contributed by atoms with Gasteiger partial charge < -0.3 is 15.3 Å². The first kappa shape index (κ1) is 15.7. The molecule has 3 N–H and O–H groups in total. The lowest BCUT2D eigenvalue weighted by atomic mass is 10.5. The first-order valence-corrected chi connectivity index (χ1v) is 6.84. The number of carboxylic acid groups (broad SMARTS) is 1. The smallest absolute Gasteiger partial charge is 0.323 e. The normalized spacial score (nSPS) is 10.9. The lowest BCUT2D eigenvalue weighted by molar-refractivity contribution is -0.137. The molecular weight excluding hydrogens is 250 g/mol. The van der Waals surface area contributed by atoms with Gasteiger partial charge in [0.15, 0.2) is 0 Å². The fourth-order valence-electron chi connectivity index (χ4n) is 1.01. The van der Waals surface area contributed by atoms with Crippen LogP contribution in [-0.4, -0.2) is 62.9 Å². The molecule has 0 aliphatic rings. The molecule has 0 saturated carbocycles. The summed E-state index contributed by atoms with van der Waals surface area (Å²) in [5, 5.41) is 10.9. The van der Waals surface area contributed by atoms with Crippen molar-refractivity contribution >= 4 is 22.0 Å². The Bertz CT molecular complexity index is 367. The van der Waals surface area contributed by atoms with Gasteiger partial charge in [0, 0.05) is 19.6 Å². The van der Waals surface area contributed by atoms with E-state index in [1.165, 1.54) is 0 Å². The molecule has 8 nitrogen and oxygen atoms in total. The minimum absolute atomic E-state index is 0.0647. The molecule has 0 aromatic rings. The number of carbonyl (C=O) groups excluding carboxylic acids is 1. The van der Waals surface area contributed by atoms with Gasteiger partial charge >= 0.3 is 12.0 Å². The van der Waals surface area contributed by atoms with Crippen LogP contribution >= 0.6 is 0 Å². The summed E-state index contributed by atoms with van der Waals surface area (Å²) in [4.78, 5) is 22.9. The van der Waals surface area contributed by atoms with Gasteiger partial charge in [0.2, 0.25) is 10.0 Å². The molecule has 0 fully saturated rings. The van der Waals surface area contributed by atoms with Gasteiger partial charge in [-0.25, -0.2) is 17.9 Å². The third-order valence-electron chi connectivity index (χ3n) is 1.76. The Kier molecular flexibility index (Phi) is 6.51. The number of carboxylic acids is 1. The second-order valence-corrected chi connectivity index (χ2v) is 5.14. The van der Waals surface area contributed by atoms with Crippen LogP contribution < -0.4 is 10.0 Å². The molecule has 0 heterocycles. The summed E-state index contributed by atoms with van der Waals surface area (Å²) in [7, 11) is -3.28. The summed E-state index contributed by atoms with van der Waals surface area (Å²) >= 11 is 0. The van der Waals surface area contributed by atoms with Crippen LogP contribution in [0.15, 0.2) is 0 Å². The van der Waals surface area contributed by atoms with E-state index in [-0.39, 0.29) is 26.2 Å². The quantitative estimate of drug-likeness (QED) is 0.493. The Balaban J connectivity index is 3.95. The van der Waals surface area contributed by atoms with Crippen LogP contribution in [0.3, 0.4) is 0 Å². The van der Waals surface area contributed by atoms with E-state index in [2.05, 4.69) is 10.0 Å². The van der Waals surface area contributed by atoms with Crippen molar-refractivity contribution in [1.29, 1.82) is 0 Å². The fourth-order valence-corrected chi connectivity index (χ4v) is 1.48. The Morgan fingerprint density at radius 3 is 2.29 bits per heavy atom. The number of nitrogens with one attached hydrogen (secondary N) is 2. The zero-order valence-electron chi connectivity index (χ0n) is 9.76. The number of aliphatic carboxylic acids is 1. The molecule has 2 amide bonds. The highest BCUT2D eigenvalue weighted by atomic mass is 32.2. The molecule has 0 bridgehead atoms. The number of likely N-dealkylation sites (N-methyl/N-ethyl adjacent to an activating group) is 1. The molecule has 17 heavy (non-hydrogen) atoms. The molecule has 100 valence electrons. The summed E-state index contributed by atoms with van der Waals surface area (Å²) in [5.41, 5.74) is 0. The van der Waals surface area contributed by atoms with Gasteiger partial charge in [-0.2, -0.15) is 0 Å². The minimum Gasteiger partial charge on any atom is -0.480 e. The van der Waals surface area contributed by atoms with Gasteiger partial charge in [0.25, 0.3) is 0 Å². The molecule has 9 heteroatoms. The molecule has 0 aliphatic heterocycles. The third-order valence-corrected chi connectivity index (χ3v) is 2.49. The molecule has 0 aromatic carbocycles. The van der Waals surface area contributed by atoms with E-state index < -0.39 is 22.0 Å². The minimum atomic E-state index is -3.28. The van der Waals surface area contributed by atoms with Crippen LogP contribution in [0.5, 0.6) is 0 Å². The lowest BCUT2D eigenvalue weighted by Gasteiger charge is -2.19. The van der Waals surface area contributed by atoms with E-state index in [4.69, 9.17) is 5.11 Å². The lowest BCUT2D eigenvalue weighted by Crippen LogP contribution is -2.44. The van der Waals surface area contributed by atoms with E-state index in [0.29, 0.717) is 0 Å². The maximum atomic E-state index is 11.4. The van der Waals surface area contributed by atoms with Crippen LogP contribution in [0.25, 0.3) is 0 Å². The van der Waals surface area contributed by atoms with Crippen LogP contribution in [-0.2, 0) is 14.8 Å². The van der Waals surface area contributed by atoms with E-state index in [1.54, 1.807) is 6.92 Å². The van der Waals surface area contributed by atoms with Crippen LogP contribution in [0.1, 0.15) is 6.92 Å². The highest BCUT2D eigenvalue weighted by molar-refractivity contribution is 7.88. The number of amides is 2. The van der Waals surface area contributed by atoms with Crippen molar-refractivity contribution in [3.8, 4) is 0 Å². The monoisotopic (exact) mass is 267 g/mol. The Hall–Kier alpha value is -1.35. The fraction of sp³-hybridized carbons (Fsp3) is 0.750. The van der Waals surface area contributed by atoms with E-state index >= 15 is 0 Å². The Morgan fingerprint density at radius 1 is 1.29 bits per heavy atom. The SMILES string of the molecule is CCN(CC(=O)O)C(=O)NCCNS(C)(=O)=O. The van der Waals surface area contributed by atoms with Crippen LogP contribution in [0, 0.1) is 0 Å². The van der Waals surface area contributed by atoms with Gasteiger partial charge in [0.1, 0.15) is 6.54 Å². The predicted octanol–water partition coefficient (Wildman–Crippen LogP) is -1.35. The molecule has 0 aromatic heterocycles. The molecule has 0 rings (SSSR count). The number of urea groups is 1. The number of rotatable bonds is 7. The number of nitrogens with zero attached hydrogens (tertiary/aromatic N) is 1. The van der Waals surface area contributed by atoms with Crippen LogP contribution in [0.4, 0.5) is 4.79 Å². The van der Waals surface area contributed by atoms with Crippen molar-refractivity contribution in [2.45, 2.75) is 6.92 Å². The molecule has 0 atom stereocenters. The maximum absolute atomic E-state index is 11.4. The summed E-state index contributed by atoms with van der Waals surface area (Å²) in [5.74, 6) is -1.10. The van der Waals surface area contributed by atoms with Crippen molar-refractivity contribution in [3.05, 3.63) is 0 Å². The zero-order valence-corrected chi connectivity index (χ0v) is 10.6. The van der Waals surface area contributed by atoms with Gasteiger partial charge in [-0.3, -0.25) is 4.79 Å². The van der Waals surface area contributed by atoms with Crippen molar-refractivity contribution in [2.24, 2.45) is 0 Å². The average Bonchev–Trinajstić information content (AvgIpc) is 2.19. The topological polar surface area (TPSA) is 116 Å². The molecule has 0 unspecified atom stereocenters. The van der Waals surface area contributed by atoms with Crippen LogP contribution in [0.2, 0.25) is 0 Å². The van der Waals surface area contributed by atoms with E-state index in [1.807, 2.05) is 0 Å². The third kappa shape index (κ3) is 8.46. The molecular formula is C8H17N3O5S.